The monoisotopic (exact) mass is 552 g/mol. The molecule has 0 spiro atoms. The molecular weight excluding hydrogens is 516 g/mol. The standard InChI is InChI=1S/C29H36N4O5S/c1-18-6-8-21(9-7-18)28(35)33(19(2)16-37-4)24-14-25(39-26(24)29(36)38-5)20-10-12-22(13-11-20)31-27(34)23-15-32(3)17-30-23/h10-15,17-19,21H,6-9,16H2,1-5H3,(H,31,34)/t18-,19?,21-. The first-order valence-corrected chi connectivity index (χ1v) is 14.0. The van der Waals surface area contributed by atoms with Crippen LogP contribution in [0.1, 0.15) is 59.7 Å². The second-order valence-electron chi connectivity index (χ2n) is 10.2. The van der Waals surface area contributed by atoms with E-state index in [4.69, 9.17) is 9.47 Å². The fourth-order valence-corrected chi connectivity index (χ4v) is 6.05. The maximum Gasteiger partial charge on any atom is 0.350 e. The lowest BCUT2D eigenvalue weighted by atomic mass is 9.82. The number of amides is 2. The van der Waals surface area contributed by atoms with Gasteiger partial charge in [-0.25, -0.2) is 9.78 Å². The Bertz CT molecular complexity index is 1310. The number of hydrogen-bond acceptors (Lipinski definition) is 7. The van der Waals surface area contributed by atoms with Gasteiger partial charge in [0.05, 0.1) is 31.8 Å². The van der Waals surface area contributed by atoms with E-state index >= 15 is 0 Å². The fourth-order valence-electron chi connectivity index (χ4n) is 4.98. The van der Waals surface area contributed by atoms with Gasteiger partial charge in [0.15, 0.2) is 0 Å². The van der Waals surface area contributed by atoms with Crippen LogP contribution in [0.2, 0.25) is 0 Å². The molecule has 0 aliphatic heterocycles. The zero-order valence-corrected chi connectivity index (χ0v) is 23.9. The predicted octanol–water partition coefficient (Wildman–Crippen LogP) is 5.38. The molecule has 9 nitrogen and oxygen atoms in total. The fraction of sp³-hybridized carbons (Fsp3) is 0.448. The molecule has 1 atom stereocenters. The van der Waals surface area contributed by atoms with Crippen LogP contribution in [-0.4, -0.2) is 54.2 Å². The van der Waals surface area contributed by atoms with Gasteiger partial charge in [-0.3, -0.25) is 9.59 Å². The number of nitrogens with one attached hydrogen (secondary N) is 1. The second kappa shape index (κ2) is 12.6. The van der Waals surface area contributed by atoms with E-state index in [1.165, 1.54) is 18.4 Å². The number of nitrogens with zero attached hydrogens (tertiary/aromatic N) is 3. The number of esters is 1. The largest absolute Gasteiger partial charge is 0.465 e. The molecular formula is C29H36N4O5S. The summed E-state index contributed by atoms with van der Waals surface area (Å²) < 4.78 is 12.2. The first kappa shape index (κ1) is 28.5. The summed E-state index contributed by atoms with van der Waals surface area (Å²) in [5, 5.41) is 2.84. The first-order chi connectivity index (χ1) is 18.7. The van der Waals surface area contributed by atoms with Crippen molar-refractivity contribution >= 4 is 40.5 Å². The average molecular weight is 553 g/mol. The molecule has 1 aromatic carbocycles. The topological polar surface area (TPSA) is 103 Å². The highest BCUT2D eigenvalue weighted by molar-refractivity contribution is 7.18. The Morgan fingerprint density at radius 1 is 1.15 bits per heavy atom. The molecule has 10 heteroatoms. The van der Waals surface area contributed by atoms with Gasteiger partial charge in [0.1, 0.15) is 10.6 Å². The number of thiophene rings is 1. The number of carbonyl (C=O) groups excluding carboxylic acids is 3. The highest BCUT2D eigenvalue weighted by atomic mass is 32.1. The van der Waals surface area contributed by atoms with Gasteiger partial charge in [0.25, 0.3) is 5.91 Å². The lowest BCUT2D eigenvalue weighted by Gasteiger charge is -2.34. The van der Waals surface area contributed by atoms with E-state index < -0.39 is 5.97 Å². The van der Waals surface area contributed by atoms with Crippen molar-refractivity contribution in [2.75, 3.05) is 31.0 Å². The number of ether oxygens (including phenoxy) is 2. The van der Waals surface area contributed by atoms with E-state index in [-0.39, 0.29) is 23.8 Å². The van der Waals surface area contributed by atoms with E-state index in [0.717, 1.165) is 36.1 Å². The van der Waals surface area contributed by atoms with Crippen LogP contribution in [0.15, 0.2) is 42.9 Å². The average Bonchev–Trinajstić information content (AvgIpc) is 3.56. The maximum atomic E-state index is 13.9. The highest BCUT2D eigenvalue weighted by Crippen LogP contribution is 2.40. The first-order valence-electron chi connectivity index (χ1n) is 13.2. The molecule has 0 saturated heterocycles. The summed E-state index contributed by atoms with van der Waals surface area (Å²) in [5.41, 5.74) is 2.35. The van der Waals surface area contributed by atoms with E-state index in [2.05, 4.69) is 17.2 Å². The molecule has 1 N–H and O–H groups in total. The highest BCUT2D eigenvalue weighted by Gasteiger charge is 2.35. The maximum absolute atomic E-state index is 13.9. The van der Waals surface area contributed by atoms with Crippen molar-refractivity contribution in [3.63, 3.8) is 0 Å². The van der Waals surface area contributed by atoms with Crippen molar-refractivity contribution in [1.82, 2.24) is 9.55 Å². The van der Waals surface area contributed by atoms with Gasteiger partial charge in [0.2, 0.25) is 5.91 Å². The smallest absolute Gasteiger partial charge is 0.350 e. The van der Waals surface area contributed by atoms with Gasteiger partial charge >= 0.3 is 5.97 Å². The van der Waals surface area contributed by atoms with Gasteiger partial charge in [-0.15, -0.1) is 11.3 Å². The minimum Gasteiger partial charge on any atom is -0.465 e. The second-order valence-corrected chi connectivity index (χ2v) is 11.3. The third kappa shape index (κ3) is 6.57. The van der Waals surface area contributed by atoms with E-state index in [1.807, 2.05) is 25.1 Å². The SMILES string of the molecule is COCC(C)N(c1cc(-c2ccc(NC(=O)c3cn(C)cn3)cc2)sc1C(=O)OC)C(=O)[C@H]1CC[C@H](C)CC1. The molecule has 39 heavy (non-hydrogen) atoms. The van der Waals surface area contributed by atoms with Gasteiger partial charge in [-0.1, -0.05) is 19.1 Å². The summed E-state index contributed by atoms with van der Waals surface area (Å²) in [6.07, 6.45) is 6.94. The number of anilines is 2. The van der Waals surface area contributed by atoms with Crippen LogP contribution in [0.4, 0.5) is 11.4 Å². The zero-order chi connectivity index (χ0) is 28.1. The Morgan fingerprint density at radius 3 is 2.44 bits per heavy atom. The van der Waals surface area contributed by atoms with Crippen LogP contribution in [0, 0.1) is 11.8 Å². The van der Waals surface area contributed by atoms with Crippen molar-refractivity contribution in [2.45, 2.75) is 45.6 Å². The van der Waals surface area contributed by atoms with Crippen LogP contribution < -0.4 is 10.2 Å². The van der Waals surface area contributed by atoms with Crippen LogP contribution in [0.25, 0.3) is 10.4 Å². The number of benzene rings is 1. The number of imidazole rings is 1. The Balaban J connectivity index is 1.64. The van der Waals surface area contributed by atoms with Crippen molar-refractivity contribution < 1.29 is 23.9 Å². The lowest BCUT2D eigenvalue weighted by molar-refractivity contribution is -0.124. The molecule has 2 heterocycles. The number of aryl methyl sites for hydroxylation is 1. The third-order valence-electron chi connectivity index (χ3n) is 7.16. The summed E-state index contributed by atoms with van der Waals surface area (Å²) in [5.74, 6) is -0.229. The minimum absolute atomic E-state index is 0.0218. The summed E-state index contributed by atoms with van der Waals surface area (Å²) in [4.78, 5) is 46.2. The van der Waals surface area contributed by atoms with E-state index in [1.54, 1.807) is 48.3 Å². The number of methoxy groups -OCH3 is 2. The summed E-state index contributed by atoms with van der Waals surface area (Å²) >= 11 is 1.28. The number of carbonyl (C=O) groups is 3. The van der Waals surface area contributed by atoms with Gasteiger partial charge in [-0.05, 0) is 62.3 Å². The Morgan fingerprint density at radius 2 is 1.85 bits per heavy atom. The van der Waals surface area contributed by atoms with Crippen molar-refractivity contribution in [2.24, 2.45) is 18.9 Å². The number of aromatic nitrogens is 2. The van der Waals surface area contributed by atoms with Crippen molar-refractivity contribution in [3.05, 3.63) is 53.4 Å². The Hall–Kier alpha value is -3.50. The molecule has 1 aliphatic rings. The molecule has 2 amide bonds. The Kier molecular flexibility index (Phi) is 9.19. The summed E-state index contributed by atoms with van der Waals surface area (Å²) in [7, 11) is 4.75. The van der Waals surface area contributed by atoms with Crippen LogP contribution in [0.3, 0.4) is 0 Å². The van der Waals surface area contributed by atoms with Crippen LogP contribution in [0.5, 0.6) is 0 Å². The number of rotatable bonds is 9. The lowest BCUT2D eigenvalue weighted by Crippen LogP contribution is -2.45. The summed E-state index contributed by atoms with van der Waals surface area (Å²) in [6.45, 7) is 4.50. The number of hydrogen-bond donors (Lipinski definition) is 1. The molecule has 0 bridgehead atoms. The predicted molar refractivity (Wildman–Crippen MR) is 152 cm³/mol. The Labute approximate surface area is 233 Å². The molecule has 1 unspecified atom stereocenters. The molecule has 1 saturated carbocycles. The third-order valence-corrected chi connectivity index (χ3v) is 8.31. The van der Waals surface area contributed by atoms with Crippen molar-refractivity contribution in [1.29, 1.82) is 0 Å². The van der Waals surface area contributed by atoms with E-state index in [0.29, 0.717) is 34.5 Å². The molecule has 1 fully saturated rings. The summed E-state index contributed by atoms with van der Waals surface area (Å²) in [6, 6.07) is 8.96. The van der Waals surface area contributed by atoms with Gasteiger partial charge in [-0.2, -0.15) is 0 Å². The van der Waals surface area contributed by atoms with Gasteiger partial charge in [0, 0.05) is 36.8 Å². The zero-order valence-electron chi connectivity index (χ0n) is 23.1. The minimum atomic E-state index is -0.486. The molecule has 208 valence electrons. The molecule has 0 radical (unpaired) electrons. The van der Waals surface area contributed by atoms with E-state index in [9.17, 15) is 14.4 Å². The molecule has 2 aromatic heterocycles. The van der Waals surface area contributed by atoms with Crippen LogP contribution in [-0.2, 0) is 21.3 Å². The molecule has 1 aliphatic carbocycles. The molecule has 4 rings (SSSR count). The van der Waals surface area contributed by atoms with Crippen LogP contribution >= 0.6 is 11.3 Å². The van der Waals surface area contributed by atoms with Crippen molar-refractivity contribution in [3.8, 4) is 10.4 Å². The van der Waals surface area contributed by atoms with Gasteiger partial charge < -0.3 is 24.3 Å². The normalized spacial score (nSPS) is 17.9. The quantitative estimate of drug-likeness (QED) is 0.358. The molecule has 3 aromatic rings.